The zero-order valence-corrected chi connectivity index (χ0v) is 8.41. The lowest BCUT2D eigenvalue weighted by Gasteiger charge is -1.97. The summed E-state index contributed by atoms with van der Waals surface area (Å²) in [5.41, 5.74) is 0.807. The Kier molecular flexibility index (Phi) is 3.68. The number of carbonyl (C=O) groups excluding carboxylic acids is 2. The maximum absolute atomic E-state index is 11.1. The van der Waals surface area contributed by atoms with Crippen LogP contribution in [0.5, 0.6) is 0 Å². The molecule has 0 aromatic rings. The smallest absolute Gasteiger partial charge is 0.330 e. The topological polar surface area (TPSA) is 52.6 Å². The minimum Gasteiger partial charge on any atom is -0.466 e. The number of hydrogen-bond donors (Lipinski definition) is 0. The van der Waals surface area contributed by atoms with Gasteiger partial charge < -0.3 is 9.47 Å². The van der Waals surface area contributed by atoms with Crippen LogP contribution in [-0.4, -0.2) is 25.2 Å². The van der Waals surface area contributed by atoms with Crippen LogP contribution in [0.15, 0.2) is 11.6 Å². The molecule has 4 nitrogen and oxygen atoms in total. The Labute approximate surface area is 82.9 Å². The molecule has 1 aliphatic carbocycles. The molecule has 0 aromatic heterocycles. The zero-order valence-electron chi connectivity index (χ0n) is 8.41. The number of rotatable bonds is 4. The minimum absolute atomic E-state index is 0.209. The molecule has 0 amide bonds. The van der Waals surface area contributed by atoms with E-state index in [0.717, 1.165) is 5.57 Å². The van der Waals surface area contributed by atoms with Gasteiger partial charge >= 0.3 is 11.9 Å². The van der Waals surface area contributed by atoms with Crippen LogP contribution in [0.2, 0.25) is 0 Å². The van der Waals surface area contributed by atoms with Crippen LogP contribution in [0, 0.1) is 5.92 Å². The first-order chi connectivity index (χ1) is 6.69. The molecule has 0 radical (unpaired) electrons. The maximum atomic E-state index is 11.1. The Hall–Kier alpha value is -1.32. The first kappa shape index (κ1) is 10.8. The molecule has 1 saturated carbocycles. The Bertz CT molecular complexity index is 267. The van der Waals surface area contributed by atoms with Crippen LogP contribution in [-0.2, 0) is 19.1 Å². The molecule has 1 unspecified atom stereocenters. The minimum atomic E-state index is -0.380. The van der Waals surface area contributed by atoms with Crippen molar-refractivity contribution in [3.8, 4) is 0 Å². The van der Waals surface area contributed by atoms with Gasteiger partial charge in [0.25, 0.3) is 0 Å². The van der Waals surface area contributed by atoms with Gasteiger partial charge in [0.05, 0.1) is 19.1 Å². The summed E-state index contributed by atoms with van der Waals surface area (Å²) in [6.07, 6.45) is 2.00. The van der Waals surface area contributed by atoms with Crippen molar-refractivity contribution in [2.24, 2.45) is 5.92 Å². The number of ether oxygens (including phenoxy) is 2. The standard InChI is InChI=1S/C10H14O4/c1-3-13-9(11)6-7-5-8(7)10(12)14-4-2/h6,8H,3-5H2,1-2H3/b7-6-. The molecule has 0 aromatic carbocycles. The Morgan fingerprint density at radius 3 is 2.57 bits per heavy atom. The molecule has 14 heavy (non-hydrogen) atoms. The summed E-state index contributed by atoms with van der Waals surface area (Å²) in [5, 5.41) is 0. The fraction of sp³-hybridized carbons (Fsp3) is 0.600. The van der Waals surface area contributed by atoms with E-state index in [9.17, 15) is 9.59 Å². The maximum Gasteiger partial charge on any atom is 0.330 e. The van der Waals surface area contributed by atoms with Crippen molar-refractivity contribution < 1.29 is 19.1 Å². The lowest BCUT2D eigenvalue weighted by Crippen LogP contribution is -2.06. The summed E-state index contributed by atoms with van der Waals surface area (Å²) >= 11 is 0. The van der Waals surface area contributed by atoms with Gasteiger partial charge in [-0.1, -0.05) is 0 Å². The third-order valence-corrected chi connectivity index (χ3v) is 1.89. The van der Waals surface area contributed by atoms with Crippen molar-refractivity contribution in [3.05, 3.63) is 11.6 Å². The van der Waals surface area contributed by atoms with E-state index in [-0.39, 0.29) is 17.9 Å². The van der Waals surface area contributed by atoms with Crippen LogP contribution in [0.1, 0.15) is 20.3 Å². The Morgan fingerprint density at radius 1 is 1.36 bits per heavy atom. The van der Waals surface area contributed by atoms with Gasteiger partial charge in [-0.25, -0.2) is 4.79 Å². The monoisotopic (exact) mass is 198 g/mol. The third kappa shape index (κ3) is 2.87. The number of carbonyl (C=O) groups is 2. The highest BCUT2D eigenvalue weighted by Crippen LogP contribution is 2.38. The van der Waals surface area contributed by atoms with Crippen molar-refractivity contribution in [3.63, 3.8) is 0 Å². The highest BCUT2D eigenvalue weighted by molar-refractivity contribution is 5.88. The number of hydrogen-bond acceptors (Lipinski definition) is 4. The molecule has 1 atom stereocenters. The molecule has 0 bridgehead atoms. The summed E-state index contributed by atoms with van der Waals surface area (Å²) in [6.45, 7) is 4.23. The molecular weight excluding hydrogens is 184 g/mol. The van der Waals surface area contributed by atoms with Gasteiger partial charge in [0, 0.05) is 6.08 Å². The highest BCUT2D eigenvalue weighted by Gasteiger charge is 2.38. The van der Waals surface area contributed by atoms with Gasteiger partial charge in [0.1, 0.15) is 0 Å². The third-order valence-electron chi connectivity index (χ3n) is 1.89. The Balaban J connectivity index is 2.37. The van der Waals surface area contributed by atoms with Crippen molar-refractivity contribution in [1.29, 1.82) is 0 Å². The average molecular weight is 198 g/mol. The van der Waals surface area contributed by atoms with Crippen molar-refractivity contribution in [1.82, 2.24) is 0 Å². The summed E-state index contributed by atoms with van der Waals surface area (Å²) < 4.78 is 9.52. The van der Waals surface area contributed by atoms with E-state index < -0.39 is 0 Å². The van der Waals surface area contributed by atoms with E-state index in [0.29, 0.717) is 19.6 Å². The highest BCUT2D eigenvalue weighted by atomic mass is 16.5. The molecular formula is C10H14O4. The molecule has 0 heterocycles. The van der Waals surface area contributed by atoms with E-state index in [2.05, 4.69) is 0 Å². The fourth-order valence-corrected chi connectivity index (χ4v) is 1.15. The summed E-state index contributed by atoms with van der Waals surface area (Å²) in [6, 6.07) is 0. The first-order valence-corrected chi connectivity index (χ1v) is 4.72. The van der Waals surface area contributed by atoms with E-state index in [1.165, 1.54) is 6.08 Å². The normalized spacial score (nSPS) is 21.9. The summed E-state index contributed by atoms with van der Waals surface area (Å²) in [5.74, 6) is -0.836. The molecule has 0 N–H and O–H groups in total. The summed E-state index contributed by atoms with van der Waals surface area (Å²) in [7, 11) is 0. The lowest BCUT2D eigenvalue weighted by molar-refractivity contribution is -0.144. The summed E-state index contributed by atoms with van der Waals surface area (Å²) in [4.78, 5) is 22.1. The molecule has 0 spiro atoms. The van der Waals surface area contributed by atoms with Crippen LogP contribution >= 0.6 is 0 Å². The van der Waals surface area contributed by atoms with Gasteiger partial charge in [-0.15, -0.1) is 0 Å². The second-order valence-electron chi connectivity index (χ2n) is 2.98. The first-order valence-electron chi connectivity index (χ1n) is 4.72. The van der Waals surface area contributed by atoms with E-state index in [4.69, 9.17) is 9.47 Å². The van der Waals surface area contributed by atoms with E-state index in [1.807, 2.05) is 0 Å². The average Bonchev–Trinajstić information content (AvgIpc) is 2.84. The predicted molar refractivity (Wildman–Crippen MR) is 49.5 cm³/mol. The van der Waals surface area contributed by atoms with Gasteiger partial charge in [-0.05, 0) is 25.8 Å². The van der Waals surface area contributed by atoms with E-state index in [1.54, 1.807) is 13.8 Å². The second kappa shape index (κ2) is 4.79. The van der Waals surface area contributed by atoms with Gasteiger partial charge in [0.2, 0.25) is 0 Å². The quantitative estimate of drug-likeness (QED) is 0.500. The number of esters is 2. The van der Waals surface area contributed by atoms with Crippen molar-refractivity contribution in [2.45, 2.75) is 20.3 Å². The van der Waals surface area contributed by atoms with Crippen LogP contribution in [0.3, 0.4) is 0 Å². The van der Waals surface area contributed by atoms with Crippen LogP contribution in [0.25, 0.3) is 0 Å². The van der Waals surface area contributed by atoms with Gasteiger partial charge in [0.15, 0.2) is 0 Å². The van der Waals surface area contributed by atoms with Crippen molar-refractivity contribution in [2.75, 3.05) is 13.2 Å². The Morgan fingerprint density at radius 2 is 2.00 bits per heavy atom. The van der Waals surface area contributed by atoms with Gasteiger partial charge in [-0.2, -0.15) is 0 Å². The second-order valence-corrected chi connectivity index (χ2v) is 2.98. The van der Waals surface area contributed by atoms with Crippen LogP contribution < -0.4 is 0 Å². The lowest BCUT2D eigenvalue weighted by atomic mass is 10.4. The predicted octanol–water partition coefficient (Wildman–Crippen LogP) is 1.06. The van der Waals surface area contributed by atoms with Crippen molar-refractivity contribution >= 4 is 11.9 Å². The van der Waals surface area contributed by atoms with Crippen LogP contribution in [0.4, 0.5) is 0 Å². The van der Waals surface area contributed by atoms with E-state index >= 15 is 0 Å². The molecule has 78 valence electrons. The molecule has 1 rings (SSSR count). The molecule has 1 fully saturated rings. The van der Waals surface area contributed by atoms with Gasteiger partial charge in [-0.3, -0.25) is 4.79 Å². The SMILES string of the molecule is CCOC(=O)/C=C1/CC1C(=O)OCC. The fourth-order valence-electron chi connectivity index (χ4n) is 1.15. The zero-order chi connectivity index (χ0) is 10.6. The largest absolute Gasteiger partial charge is 0.466 e. The molecule has 0 aliphatic heterocycles. The molecule has 0 saturated heterocycles. The molecule has 1 aliphatic rings. The molecule has 4 heteroatoms.